The number of hydrogen-bond acceptors (Lipinski definition) is 5. The number of thiophene rings is 1. The lowest BCUT2D eigenvalue weighted by atomic mass is 10.2. The van der Waals surface area contributed by atoms with Gasteiger partial charge in [-0.05, 0) is 38.5 Å². The third-order valence-corrected chi connectivity index (χ3v) is 6.62. The Labute approximate surface area is 141 Å². The molecule has 1 unspecified atom stereocenters. The zero-order valence-corrected chi connectivity index (χ0v) is 15.4. The van der Waals surface area contributed by atoms with Crippen LogP contribution >= 0.6 is 18.9 Å². The SMILES string of the molecule is CCOP(=O)(OCC)C(OCc1ccccc1)c1ccc(C)s1. The Kier molecular flexibility index (Phi) is 7.00. The molecule has 0 N–H and O–H groups in total. The van der Waals surface area contributed by atoms with Crippen molar-refractivity contribution in [2.75, 3.05) is 13.2 Å². The van der Waals surface area contributed by atoms with Gasteiger partial charge in [-0.15, -0.1) is 11.3 Å². The van der Waals surface area contributed by atoms with Crippen LogP contribution < -0.4 is 0 Å². The van der Waals surface area contributed by atoms with E-state index >= 15 is 0 Å². The molecule has 0 spiro atoms. The van der Waals surface area contributed by atoms with E-state index in [4.69, 9.17) is 13.8 Å². The molecule has 1 aromatic carbocycles. The Balaban J connectivity index is 2.25. The van der Waals surface area contributed by atoms with E-state index in [1.165, 1.54) is 0 Å². The third-order valence-electron chi connectivity index (χ3n) is 3.16. The van der Waals surface area contributed by atoms with Crippen LogP contribution in [0.15, 0.2) is 42.5 Å². The molecular weight excluding hydrogens is 331 g/mol. The van der Waals surface area contributed by atoms with E-state index in [0.717, 1.165) is 15.3 Å². The maximum absolute atomic E-state index is 13.2. The molecule has 4 nitrogen and oxygen atoms in total. The van der Waals surface area contributed by atoms with Crippen molar-refractivity contribution in [1.82, 2.24) is 0 Å². The minimum absolute atomic E-state index is 0.312. The molecule has 1 heterocycles. The van der Waals surface area contributed by atoms with Gasteiger partial charge in [0, 0.05) is 9.75 Å². The van der Waals surface area contributed by atoms with Gasteiger partial charge in [-0.1, -0.05) is 30.3 Å². The van der Waals surface area contributed by atoms with Gasteiger partial charge < -0.3 is 13.8 Å². The van der Waals surface area contributed by atoms with Crippen LogP contribution in [0.25, 0.3) is 0 Å². The molecule has 0 fully saturated rings. The van der Waals surface area contributed by atoms with E-state index in [1.807, 2.05) is 49.4 Å². The van der Waals surface area contributed by atoms with Crippen molar-refractivity contribution in [1.29, 1.82) is 0 Å². The topological polar surface area (TPSA) is 44.8 Å². The smallest absolute Gasteiger partial charge is 0.355 e. The first-order valence-electron chi connectivity index (χ1n) is 7.69. The second-order valence-electron chi connectivity index (χ2n) is 4.97. The van der Waals surface area contributed by atoms with Crippen molar-refractivity contribution in [3.8, 4) is 0 Å². The highest BCUT2D eigenvalue weighted by atomic mass is 32.1. The van der Waals surface area contributed by atoms with Gasteiger partial charge in [0.2, 0.25) is 0 Å². The van der Waals surface area contributed by atoms with Crippen LogP contribution in [-0.4, -0.2) is 13.2 Å². The molecule has 1 atom stereocenters. The Morgan fingerprint density at radius 2 is 1.70 bits per heavy atom. The van der Waals surface area contributed by atoms with Crippen LogP contribution in [0.4, 0.5) is 0 Å². The molecule has 126 valence electrons. The molecule has 2 aromatic rings. The number of ether oxygens (including phenoxy) is 1. The predicted octanol–water partition coefficient (Wildman–Crippen LogP) is 5.54. The zero-order valence-electron chi connectivity index (χ0n) is 13.7. The molecule has 0 aliphatic rings. The zero-order chi connectivity index (χ0) is 16.7. The Hall–Kier alpha value is -0.970. The van der Waals surface area contributed by atoms with Crippen molar-refractivity contribution in [3.63, 3.8) is 0 Å². The van der Waals surface area contributed by atoms with Gasteiger partial charge in [-0.3, -0.25) is 4.57 Å². The fourth-order valence-corrected chi connectivity index (χ4v) is 5.28. The number of aryl methyl sites for hydroxylation is 1. The average Bonchev–Trinajstić information content (AvgIpc) is 2.95. The van der Waals surface area contributed by atoms with Crippen molar-refractivity contribution in [2.45, 2.75) is 33.2 Å². The van der Waals surface area contributed by atoms with Gasteiger partial charge in [0.05, 0.1) is 19.8 Å². The lowest BCUT2D eigenvalue weighted by molar-refractivity contribution is 0.0609. The average molecular weight is 354 g/mol. The van der Waals surface area contributed by atoms with E-state index in [0.29, 0.717) is 19.8 Å². The molecule has 6 heteroatoms. The Bertz CT molecular complexity index is 631. The first-order chi connectivity index (χ1) is 11.1. The predicted molar refractivity (Wildman–Crippen MR) is 93.9 cm³/mol. The van der Waals surface area contributed by atoms with E-state index in [9.17, 15) is 4.57 Å². The molecule has 0 saturated carbocycles. The van der Waals surface area contributed by atoms with Crippen LogP contribution in [0.1, 0.15) is 35.0 Å². The van der Waals surface area contributed by atoms with Crippen molar-refractivity contribution < 1.29 is 18.3 Å². The molecule has 0 aliphatic carbocycles. The van der Waals surface area contributed by atoms with Gasteiger partial charge in [-0.25, -0.2) is 0 Å². The molecular formula is C17H23O4PS. The van der Waals surface area contributed by atoms with Gasteiger partial charge in [0.15, 0.2) is 5.85 Å². The van der Waals surface area contributed by atoms with E-state index in [2.05, 4.69) is 0 Å². The maximum atomic E-state index is 13.2. The van der Waals surface area contributed by atoms with Gasteiger partial charge in [0.25, 0.3) is 0 Å². The van der Waals surface area contributed by atoms with Crippen LogP contribution in [0.3, 0.4) is 0 Å². The summed E-state index contributed by atoms with van der Waals surface area (Å²) in [5, 5.41) is 0. The molecule has 0 saturated heterocycles. The highest BCUT2D eigenvalue weighted by Gasteiger charge is 2.38. The van der Waals surface area contributed by atoms with Crippen LogP contribution in [0, 0.1) is 6.92 Å². The fraction of sp³-hybridized carbons (Fsp3) is 0.412. The quantitative estimate of drug-likeness (QED) is 0.555. The highest BCUT2D eigenvalue weighted by Crippen LogP contribution is 2.62. The number of benzene rings is 1. The summed E-state index contributed by atoms with van der Waals surface area (Å²) < 4.78 is 30.2. The molecule has 0 amide bonds. The van der Waals surface area contributed by atoms with Gasteiger partial charge >= 0.3 is 7.60 Å². The minimum Gasteiger partial charge on any atom is -0.355 e. The van der Waals surface area contributed by atoms with Crippen molar-refractivity contribution in [2.24, 2.45) is 0 Å². The molecule has 23 heavy (non-hydrogen) atoms. The van der Waals surface area contributed by atoms with E-state index in [-0.39, 0.29) is 0 Å². The largest absolute Gasteiger partial charge is 0.364 e. The van der Waals surface area contributed by atoms with Crippen LogP contribution in [0.5, 0.6) is 0 Å². The molecule has 1 aromatic heterocycles. The minimum atomic E-state index is -3.39. The summed E-state index contributed by atoms with van der Waals surface area (Å²) in [7, 11) is -3.39. The summed E-state index contributed by atoms with van der Waals surface area (Å²) in [5.74, 6) is -0.707. The molecule has 0 radical (unpaired) electrons. The van der Waals surface area contributed by atoms with Crippen LogP contribution in [0.2, 0.25) is 0 Å². The van der Waals surface area contributed by atoms with Crippen molar-refractivity contribution >= 4 is 18.9 Å². The summed E-state index contributed by atoms with van der Waals surface area (Å²) in [6, 6.07) is 13.7. The summed E-state index contributed by atoms with van der Waals surface area (Å²) in [6.45, 7) is 6.60. The number of hydrogen-bond donors (Lipinski definition) is 0. The van der Waals surface area contributed by atoms with Crippen molar-refractivity contribution in [3.05, 3.63) is 57.8 Å². The standard InChI is InChI=1S/C17H23O4PS/c1-4-20-22(18,21-5-2)17(16-12-11-14(3)23-16)19-13-15-9-7-6-8-10-15/h6-12,17H,4-5,13H2,1-3H3. The third kappa shape index (κ3) is 5.00. The number of rotatable bonds is 9. The summed E-state index contributed by atoms with van der Waals surface area (Å²) in [6.07, 6.45) is 0. The lowest BCUT2D eigenvalue weighted by Crippen LogP contribution is -2.09. The second-order valence-corrected chi connectivity index (χ2v) is 8.36. The Morgan fingerprint density at radius 1 is 1.04 bits per heavy atom. The Morgan fingerprint density at radius 3 is 2.22 bits per heavy atom. The highest BCUT2D eigenvalue weighted by molar-refractivity contribution is 7.54. The summed E-state index contributed by atoms with van der Waals surface area (Å²) in [4.78, 5) is 2.00. The van der Waals surface area contributed by atoms with E-state index < -0.39 is 13.4 Å². The first kappa shape index (κ1) is 18.4. The second kappa shape index (κ2) is 8.76. The summed E-state index contributed by atoms with van der Waals surface area (Å²) >= 11 is 1.55. The van der Waals surface area contributed by atoms with E-state index in [1.54, 1.807) is 25.2 Å². The first-order valence-corrected chi connectivity index (χ1v) is 10.1. The molecule has 2 rings (SSSR count). The monoisotopic (exact) mass is 354 g/mol. The molecule has 0 bridgehead atoms. The van der Waals surface area contributed by atoms with Crippen LogP contribution in [-0.2, 0) is 25.0 Å². The lowest BCUT2D eigenvalue weighted by Gasteiger charge is -2.25. The molecule has 0 aliphatic heterocycles. The normalized spacial score (nSPS) is 13.2. The fourth-order valence-electron chi connectivity index (χ4n) is 2.20. The maximum Gasteiger partial charge on any atom is 0.364 e. The summed E-state index contributed by atoms with van der Waals surface area (Å²) in [5.41, 5.74) is 1.02. The van der Waals surface area contributed by atoms with Gasteiger partial charge in [0.1, 0.15) is 0 Å². The van der Waals surface area contributed by atoms with Gasteiger partial charge in [-0.2, -0.15) is 0 Å².